The van der Waals surface area contributed by atoms with E-state index in [-0.39, 0.29) is 4.90 Å². The molecule has 0 amide bonds. The van der Waals surface area contributed by atoms with E-state index in [1.165, 1.54) is 12.7 Å². The number of anilines is 1. The molecule has 0 radical (unpaired) electrons. The van der Waals surface area contributed by atoms with E-state index in [1.54, 1.807) is 30.3 Å². The average molecular weight is 317 g/mol. The minimum atomic E-state index is -3.66. The van der Waals surface area contributed by atoms with Gasteiger partial charge >= 0.3 is 0 Å². The van der Waals surface area contributed by atoms with E-state index in [9.17, 15) is 8.42 Å². The number of nitrogens with one attached hydrogen (secondary N) is 1. The first kappa shape index (κ1) is 14.9. The Hall–Kier alpha value is -2.01. The molecular weight excluding hydrogens is 298 g/mol. The second-order valence-electron chi connectivity index (χ2n) is 5.45. The molecule has 22 heavy (non-hydrogen) atoms. The molecule has 1 N–H and O–H groups in total. The van der Waals surface area contributed by atoms with Crippen LogP contribution in [-0.2, 0) is 22.9 Å². The zero-order chi connectivity index (χ0) is 15.6. The first-order valence-electron chi connectivity index (χ1n) is 7.38. The second-order valence-corrected chi connectivity index (χ2v) is 7.10. The van der Waals surface area contributed by atoms with Gasteiger partial charge in [-0.25, -0.2) is 8.42 Å². The van der Waals surface area contributed by atoms with Crippen molar-refractivity contribution in [2.75, 3.05) is 11.8 Å². The Morgan fingerprint density at radius 1 is 1.00 bits per heavy atom. The molecule has 2 aromatic carbocycles. The predicted octanol–water partition coefficient (Wildman–Crippen LogP) is 3.37. The van der Waals surface area contributed by atoms with Crippen molar-refractivity contribution in [2.45, 2.75) is 30.6 Å². The number of aryl methyl sites for hydroxylation is 2. The van der Waals surface area contributed by atoms with Crippen LogP contribution in [0.1, 0.15) is 24.0 Å². The van der Waals surface area contributed by atoms with Crippen LogP contribution in [0.3, 0.4) is 0 Å². The van der Waals surface area contributed by atoms with Crippen molar-refractivity contribution < 1.29 is 13.2 Å². The Labute approximate surface area is 131 Å². The maximum Gasteiger partial charge on any atom is 0.265 e. The molecule has 0 aromatic heterocycles. The Balaban J connectivity index is 2.02. The number of hydrogen-bond donors (Lipinski definition) is 1. The van der Waals surface area contributed by atoms with Crippen molar-refractivity contribution >= 4 is 15.7 Å². The van der Waals surface area contributed by atoms with Crippen LogP contribution in [0.5, 0.6) is 5.75 Å². The van der Waals surface area contributed by atoms with E-state index in [1.807, 2.05) is 12.1 Å². The number of para-hydroxylation sites is 1. The van der Waals surface area contributed by atoms with Crippen LogP contribution >= 0.6 is 0 Å². The predicted molar refractivity (Wildman–Crippen MR) is 86.9 cm³/mol. The van der Waals surface area contributed by atoms with E-state index in [2.05, 4.69) is 4.72 Å². The summed E-state index contributed by atoms with van der Waals surface area (Å²) in [6.07, 6.45) is 4.15. The van der Waals surface area contributed by atoms with Crippen LogP contribution in [0.4, 0.5) is 5.69 Å². The number of sulfonamides is 1. The maximum atomic E-state index is 12.7. The largest absolute Gasteiger partial charge is 0.495 e. The first-order valence-corrected chi connectivity index (χ1v) is 8.86. The summed E-state index contributed by atoms with van der Waals surface area (Å²) >= 11 is 0. The highest BCUT2D eigenvalue weighted by molar-refractivity contribution is 7.92. The lowest BCUT2D eigenvalue weighted by molar-refractivity contribution is 0.401. The summed E-state index contributed by atoms with van der Waals surface area (Å²) in [6.45, 7) is 0. The summed E-state index contributed by atoms with van der Waals surface area (Å²) in [7, 11) is -2.16. The van der Waals surface area contributed by atoms with Crippen molar-refractivity contribution in [1.82, 2.24) is 0 Å². The van der Waals surface area contributed by atoms with E-state index in [4.69, 9.17) is 4.74 Å². The highest BCUT2D eigenvalue weighted by Gasteiger charge is 2.23. The smallest absolute Gasteiger partial charge is 0.265 e. The van der Waals surface area contributed by atoms with Gasteiger partial charge in [-0.1, -0.05) is 18.2 Å². The van der Waals surface area contributed by atoms with Gasteiger partial charge in [-0.3, -0.25) is 4.72 Å². The standard InChI is InChI=1S/C17H19NO3S/c1-21-16-11-13-7-5-6-8-14(13)12-17(16)22(19,20)18-15-9-3-2-4-10-15/h2-4,9-12,18H,5-8H2,1H3. The van der Waals surface area contributed by atoms with Crippen LogP contribution in [0.2, 0.25) is 0 Å². The summed E-state index contributed by atoms with van der Waals surface area (Å²) in [4.78, 5) is 0.208. The van der Waals surface area contributed by atoms with Crippen molar-refractivity contribution in [2.24, 2.45) is 0 Å². The van der Waals surface area contributed by atoms with Crippen molar-refractivity contribution in [3.63, 3.8) is 0 Å². The summed E-state index contributed by atoms with van der Waals surface area (Å²) in [6, 6.07) is 12.5. The fraction of sp³-hybridized carbons (Fsp3) is 0.294. The normalized spacial score (nSPS) is 14.2. The van der Waals surface area contributed by atoms with Gasteiger partial charge in [0.25, 0.3) is 10.0 Å². The molecule has 0 atom stereocenters. The van der Waals surface area contributed by atoms with E-state index in [0.29, 0.717) is 11.4 Å². The minimum absolute atomic E-state index is 0.208. The molecule has 5 heteroatoms. The molecule has 0 saturated heterocycles. The minimum Gasteiger partial charge on any atom is -0.495 e. The van der Waals surface area contributed by atoms with Gasteiger partial charge in [0.05, 0.1) is 7.11 Å². The Morgan fingerprint density at radius 3 is 2.27 bits per heavy atom. The Kier molecular flexibility index (Phi) is 4.07. The molecular formula is C17H19NO3S. The molecule has 4 nitrogen and oxygen atoms in total. The molecule has 0 heterocycles. The lowest BCUT2D eigenvalue weighted by atomic mass is 9.92. The highest BCUT2D eigenvalue weighted by atomic mass is 32.2. The summed E-state index contributed by atoms with van der Waals surface area (Å²) in [5.41, 5.74) is 2.85. The molecule has 0 spiro atoms. The van der Waals surface area contributed by atoms with E-state index in [0.717, 1.165) is 31.2 Å². The number of rotatable bonds is 4. The van der Waals surface area contributed by atoms with Crippen LogP contribution in [-0.4, -0.2) is 15.5 Å². The van der Waals surface area contributed by atoms with Gasteiger partial charge in [0.1, 0.15) is 10.6 Å². The fourth-order valence-electron chi connectivity index (χ4n) is 2.83. The van der Waals surface area contributed by atoms with Gasteiger partial charge in [-0.15, -0.1) is 0 Å². The fourth-order valence-corrected chi connectivity index (χ4v) is 4.09. The summed E-state index contributed by atoms with van der Waals surface area (Å²) < 4.78 is 33.3. The molecule has 0 unspecified atom stereocenters. The molecule has 1 aliphatic rings. The van der Waals surface area contributed by atoms with Crippen LogP contribution in [0.15, 0.2) is 47.4 Å². The zero-order valence-corrected chi connectivity index (χ0v) is 13.3. The first-order chi connectivity index (χ1) is 10.6. The molecule has 3 rings (SSSR count). The lowest BCUT2D eigenvalue weighted by Crippen LogP contribution is -2.15. The van der Waals surface area contributed by atoms with Crippen molar-refractivity contribution in [3.05, 3.63) is 53.6 Å². The van der Waals surface area contributed by atoms with Gasteiger partial charge in [0.15, 0.2) is 0 Å². The number of hydrogen-bond acceptors (Lipinski definition) is 3. The molecule has 0 aliphatic heterocycles. The van der Waals surface area contributed by atoms with Crippen LogP contribution in [0.25, 0.3) is 0 Å². The third-order valence-corrected chi connectivity index (χ3v) is 5.35. The van der Waals surface area contributed by atoms with Gasteiger partial charge in [-0.2, -0.15) is 0 Å². The summed E-state index contributed by atoms with van der Waals surface area (Å²) in [5.74, 6) is 0.407. The molecule has 1 aliphatic carbocycles. The summed E-state index contributed by atoms with van der Waals surface area (Å²) in [5, 5.41) is 0. The topological polar surface area (TPSA) is 55.4 Å². The zero-order valence-electron chi connectivity index (χ0n) is 12.5. The maximum absolute atomic E-state index is 12.7. The van der Waals surface area contributed by atoms with Gasteiger partial charge in [-0.05, 0) is 61.1 Å². The number of methoxy groups -OCH3 is 1. The number of fused-ring (bicyclic) bond motifs is 1. The van der Waals surface area contributed by atoms with Gasteiger partial charge < -0.3 is 4.74 Å². The molecule has 116 valence electrons. The monoisotopic (exact) mass is 317 g/mol. The average Bonchev–Trinajstić information content (AvgIpc) is 2.54. The Morgan fingerprint density at radius 2 is 1.64 bits per heavy atom. The number of ether oxygens (including phenoxy) is 1. The third kappa shape index (κ3) is 2.95. The molecule has 2 aromatic rings. The second kappa shape index (κ2) is 6.01. The lowest BCUT2D eigenvalue weighted by Gasteiger charge is -2.19. The molecule has 0 bridgehead atoms. The van der Waals surface area contributed by atoms with Crippen LogP contribution < -0.4 is 9.46 Å². The quantitative estimate of drug-likeness (QED) is 0.940. The van der Waals surface area contributed by atoms with E-state index < -0.39 is 10.0 Å². The molecule has 0 fully saturated rings. The van der Waals surface area contributed by atoms with E-state index >= 15 is 0 Å². The number of benzene rings is 2. The van der Waals surface area contributed by atoms with Gasteiger partial charge in [0.2, 0.25) is 0 Å². The van der Waals surface area contributed by atoms with Gasteiger partial charge in [0, 0.05) is 5.69 Å². The van der Waals surface area contributed by atoms with Crippen LogP contribution in [0, 0.1) is 0 Å². The third-order valence-electron chi connectivity index (χ3n) is 3.94. The highest BCUT2D eigenvalue weighted by Crippen LogP contribution is 2.32. The van der Waals surface area contributed by atoms with Crippen molar-refractivity contribution in [3.8, 4) is 5.75 Å². The SMILES string of the molecule is COc1cc2c(cc1S(=O)(=O)Nc1ccccc1)CCCC2. The van der Waals surface area contributed by atoms with Crippen molar-refractivity contribution in [1.29, 1.82) is 0 Å². The Bertz CT molecular complexity index is 770. The molecule has 0 saturated carbocycles.